The Morgan fingerprint density at radius 2 is 2.00 bits per heavy atom. The monoisotopic (exact) mass is 283 g/mol. The van der Waals surface area contributed by atoms with Crippen LogP contribution in [-0.2, 0) is 5.41 Å². The van der Waals surface area contributed by atoms with Crippen molar-refractivity contribution in [2.45, 2.75) is 32.1 Å². The molecule has 0 spiro atoms. The molecule has 3 rings (SSSR count). The Hall–Kier alpha value is -2.14. The number of rotatable bonds is 3. The number of H-pyrrole nitrogens is 2. The van der Waals surface area contributed by atoms with Crippen LogP contribution in [0.15, 0.2) is 30.3 Å². The van der Waals surface area contributed by atoms with Crippen molar-refractivity contribution in [3.63, 3.8) is 0 Å². The van der Waals surface area contributed by atoms with Gasteiger partial charge in [0.1, 0.15) is 5.82 Å². The summed E-state index contributed by atoms with van der Waals surface area (Å²) in [6, 6.07) is 10.1. The molecule has 21 heavy (non-hydrogen) atoms. The number of benzene rings is 1. The number of imidazole rings is 1. The Morgan fingerprint density at radius 1 is 1.24 bits per heavy atom. The summed E-state index contributed by atoms with van der Waals surface area (Å²) in [5, 5.41) is 7.53. The van der Waals surface area contributed by atoms with E-state index in [4.69, 9.17) is 5.73 Å². The topological polar surface area (TPSA) is 83.4 Å². The minimum Gasteiger partial charge on any atom is -0.341 e. The van der Waals surface area contributed by atoms with Crippen molar-refractivity contribution in [3.8, 4) is 0 Å². The third-order valence-corrected chi connectivity index (χ3v) is 3.71. The van der Waals surface area contributed by atoms with Crippen molar-refractivity contribution < 1.29 is 0 Å². The van der Waals surface area contributed by atoms with Gasteiger partial charge in [0.25, 0.3) is 0 Å². The van der Waals surface area contributed by atoms with Crippen LogP contribution in [0.5, 0.6) is 0 Å². The molecular weight excluding hydrogens is 262 g/mol. The summed E-state index contributed by atoms with van der Waals surface area (Å²) in [4.78, 5) is 8.00. The SMILES string of the molecule is CC(C)(C)c1cc(C(CN)c2nc3ccccc3[nH]2)[nH]n1. The summed E-state index contributed by atoms with van der Waals surface area (Å²) in [6.45, 7) is 6.91. The third kappa shape index (κ3) is 2.56. The molecule has 0 saturated carbocycles. The molecule has 0 saturated heterocycles. The molecule has 3 aromatic rings. The second kappa shape index (κ2) is 5.00. The molecule has 0 aliphatic carbocycles. The minimum atomic E-state index is 0.000926. The number of hydrogen-bond donors (Lipinski definition) is 3. The smallest absolute Gasteiger partial charge is 0.117 e. The number of nitrogens with one attached hydrogen (secondary N) is 2. The van der Waals surface area contributed by atoms with Gasteiger partial charge in [0, 0.05) is 17.7 Å². The highest BCUT2D eigenvalue weighted by Gasteiger charge is 2.23. The molecule has 0 amide bonds. The molecule has 0 radical (unpaired) electrons. The molecule has 0 fully saturated rings. The zero-order valence-electron chi connectivity index (χ0n) is 12.6. The summed E-state index contributed by atoms with van der Waals surface area (Å²) in [7, 11) is 0. The normalized spacial score (nSPS) is 13.7. The number of hydrogen-bond acceptors (Lipinski definition) is 3. The number of nitrogens with zero attached hydrogens (tertiary/aromatic N) is 2. The van der Waals surface area contributed by atoms with E-state index in [0.717, 1.165) is 28.2 Å². The fourth-order valence-corrected chi connectivity index (χ4v) is 2.42. The van der Waals surface area contributed by atoms with E-state index in [-0.39, 0.29) is 11.3 Å². The predicted molar refractivity (Wildman–Crippen MR) is 84.3 cm³/mol. The van der Waals surface area contributed by atoms with E-state index in [1.807, 2.05) is 24.3 Å². The Balaban J connectivity index is 1.99. The van der Waals surface area contributed by atoms with E-state index in [1.165, 1.54) is 0 Å². The molecule has 5 heteroatoms. The first kappa shape index (κ1) is 13.8. The van der Waals surface area contributed by atoms with Crippen molar-refractivity contribution in [1.82, 2.24) is 20.2 Å². The van der Waals surface area contributed by atoms with Crippen LogP contribution in [0.4, 0.5) is 0 Å². The molecule has 4 N–H and O–H groups in total. The van der Waals surface area contributed by atoms with E-state index in [2.05, 4.69) is 47.0 Å². The molecule has 0 aliphatic rings. The van der Waals surface area contributed by atoms with Crippen LogP contribution >= 0.6 is 0 Å². The van der Waals surface area contributed by atoms with Crippen LogP contribution in [-0.4, -0.2) is 26.7 Å². The molecule has 0 bridgehead atoms. The first-order chi connectivity index (χ1) is 9.99. The number of nitrogens with two attached hydrogens (primary N) is 1. The minimum absolute atomic E-state index is 0.000926. The van der Waals surface area contributed by atoms with Gasteiger partial charge >= 0.3 is 0 Å². The van der Waals surface area contributed by atoms with Crippen LogP contribution in [0.25, 0.3) is 11.0 Å². The molecule has 1 aromatic carbocycles. The molecule has 2 heterocycles. The maximum atomic E-state index is 5.97. The second-order valence-electron chi connectivity index (χ2n) is 6.39. The van der Waals surface area contributed by atoms with Gasteiger partial charge in [-0.2, -0.15) is 5.10 Å². The van der Waals surface area contributed by atoms with Crippen LogP contribution in [0.2, 0.25) is 0 Å². The quantitative estimate of drug-likeness (QED) is 0.691. The summed E-state index contributed by atoms with van der Waals surface area (Å²) < 4.78 is 0. The van der Waals surface area contributed by atoms with Gasteiger partial charge in [-0.15, -0.1) is 0 Å². The zero-order chi connectivity index (χ0) is 15.0. The molecule has 110 valence electrons. The maximum absolute atomic E-state index is 5.97. The highest BCUT2D eigenvalue weighted by atomic mass is 15.1. The molecule has 2 aromatic heterocycles. The summed E-state index contributed by atoms with van der Waals surface area (Å²) in [5.41, 5.74) is 10.0. The van der Waals surface area contributed by atoms with Gasteiger partial charge in [0.15, 0.2) is 0 Å². The molecule has 0 aliphatic heterocycles. The van der Waals surface area contributed by atoms with Crippen molar-refractivity contribution in [1.29, 1.82) is 0 Å². The van der Waals surface area contributed by atoms with Gasteiger partial charge in [-0.25, -0.2) is 4.98 Å². The first-order valence-electron chi connectivity index (χ1n) is 7.19. The summed E-state index contributed by atoms with van der Waals surface area (Å²) >= 11 is 0. The molecule has 1 unspecified atom stereocenters. The van der Waals surface area contributed by atoms with Crippen LogP contribution < -0.4 is 5.73 Å². The van der Waals surface area contributed by atoms with Crippen molar-refractivity contribution in [2.24, 2.45) is 5.73 Å². The third-order valence-electron chi connectivity index (χ3n) is 3.71. The molecular formula is C16H21N5. The van der Waals surface area contributed by atoms with Crippen molar-refractivity contribution in [2.75, 3.05) is 6.54 Å². The zero-order valence-corrected chi connectivity index (χ0v) is 12.6. The summed E-state index contributed by atoms with van der Waals surface area (Å²) in [5.74, 6) is 0.879. The van der Waals surface area contributed by atoms with E-state index >= 15 is 0 Å². The number of aromatic nitrogens is 4. The number of aromatic amines is 2. The molecule has 5 nitrogen and oxygen atoms in total. The standard InChI is InChI=1S/C16H21N5/c1-16(2,3)14-8-13(20-21-14)10(9-17)15-18-11-6-4-5-7-12(11)19-15/h4-8,10H,9,17H2,1-3H3,(H,18,19)(H,20,21). The predicted octanol–water partition coefficient (Wildman–Crippen LogP) is 2.67. The van der Waals surface area contributed by atoms with Crippen molar-refractivity contribution in [3.05, 3.63) is 47.5 Å². The highest BCUT2D eigenvalue weighted by molar-refractivity contribution is 5.74. The lowest BCUT2D eigenvalue weighted by atomic mass is 9.91. The van der Waals surface area contributed by atoms with Gasteiger partial charge in [0.2, 0.25) is 0 Å². The van der Waals surface area contributed by atoms with E-state index < -0.39 is 0 Å². The average Bonchev–Trinajstić information content (AvgIpc) is 3.05. The van der Waals surface area contributed by atoms with E-state index in [9.17, 15) is 0 Å². The number of para-hydroxylation sites is 2. The fraction of sp³-hybridized carbons (Fsp3) is 0.375. The van der Waals surface area contributed by atoms with Crippen LogP contribution in [0.1, 0.15) is 43.9 Å². The lowest BCUT2D eigenvalue weighted by Crippen LogP contribution is -2.15. The van der Waals surface area contributed by atoms with Gasteiger partial charge in [-0.3, -0.25) is 5.10 Å². The van der Waals surface area contributed by atoms with Gasteiger partial charge < -0.3 is 10.7 Å². The largest absolute Gasteiger partial charge is 0.341 e. The van der Waals surface area contributed by atoms with Crippen LogP contribution in [0.3, 0.4) is 0 Å². The van der Waals surface area contributed by atoms with Crippen molar-refractivity contribution >= 4 is 11.0 Å². The Bertz CT molecular complexity index is 714. The highest BCUT2D eigenvalue weighted by Crippen LogP contribution is 2.26. The van der Waals surface area contributed by atoms with Gasteiger partial charge in [0.05, 0.1) is 22.6 Å². The van der Waals surface area contributed by atoms with Gasteiger partial charge in [-0.1, -0.05) is 32.9 Å². The second-order valence-corrected chi connectivity index (χ2v) is 6.39. The average molecular weight is 283 g/mol. The first-order valence-corrected chi connectivity index (χ1v) is 7.19. The number of fused-ring (bicyclic) bond motifs is 1. The maximum Gasteiger partial charge on any atom is 0.117 e. The van der Waals surface area contributed by atoms with Crippen LogP contribution in [0, 0.1) is 0 Å². The summed E-state index contributed by atoms with van der Waals surface area (Å²) in [6.07, 6.45) is 0. The molecule has 1 atom stereocenters. The lowest BCUT2D eigenvalue weighted by Gasteiger charge is -2.14. The lowest BCUT2D eigenvalue weighted by molar-refractivity contribution is 0.567. The Kier molecular flexibility index (Phi) is 3.29. The Labute approximate surface area is 124 Å². The Morgan fingerprint density at radius 3 is 2.62 bits per heavy atom. The fourth-order valence-electron chi connectivity index (χ4n) is 2.42. The van der Waals surface area contributed by atoms with E-state index in [0.29, 0.717) is 6.54 Å². The van der Waals surface area contributed by atoms with E-state index in [1.54, 1.807) is 0 Å². The van der Waals surface area contributed by atoms with Gasteiger partial charge in [-0.05, 0) is 18.2 Å².